The Morgan fingerprint density at radius 1 is 0.625 bits per heavy atom. The molecule has 0 amide bonds. The van der Waals surface area contributed by atoms with E-state index in [0.29, 0.717) is 0 Å². The maximum Gasteiger partial charge on any atom is 0.0384 e. The second kappa shape index (κ2) is 5.33. The molecule has 0 unspecified atom stereocenters. The molecular formula is C14H17NO. The van der Waals surface area contributed by atoms with E-state index in [-0.39, 0.29) is 5.48 Å². The zero-order valence-electron chi connectivity index (χ0n) is 9.62. The largest absolute Gasteiger partial charge is 0.412 e. The van der Waals surface area contributed by atoms with Crippen LogP contribution in [-0.2, 0) is 0 Å². The first-order valence-electron chi connectivity index (χ1n) is 5.14. The molecule has 0 atom stereocenters. The van der Waals surface area contributed by atoms with Gasteiger partial charge in [0.25, 0.3) is 0 Å². The van der Waals surface area contributed by atoms with E-state index in [0.717, 1.165) is 11.4 Å². The van der Waals surface area contributed by atoms with E-state index in [9.17, 15) is 0 Å². The van der Waals surface area contributed by atoms with Crippen LogP contribution >= 0.6 is 0 Å². The summed E-state index contributed by atoms with van der Waals surface area (Å²) in [6, 6.07) is 16.8. The van der Waals surface area contributed by atoms with Crippen molar-refractivity contribution in [3.05, 3.63) is 59.7 Å². The minimum atomic E-state index is 0. The topological polar surface area (TPSA) is 43.5 Å². The van der Waals surface area contributed by atoms with Crippen molar-refractivity contribution >= 4 is 11.4 Å². The van der Waals surface area contributed by atoms with Crippen molar-refractivity contribution in [1.29, 1.82) is 0 Å². The van der Waals surface area contributed by atoms with Gasteiger partial charge in [-0.05, 0) is 38.1 Å². The maximum atomic E-state index is 3.36. The maximum absolute atomic E-state index is 3.36. The highest BCUT2D eigenvalue weighted by atomic mass is 16.0. The van der Waals surface area contributed by atoms with E-state index >= 15 is 0 Å². The highest BCUT2D eigenvalue weighted by Gasteiger charge is 1.93. The van der Waals surface area contributed by atoms with Crippen molar-refractivity contribution in [1.82, 2.24) is 0 Å². The van der Waals surface area contributed by atoms with Gasteiger partial charge in [-0.3, -0.25) is 0 Å². The molecule has 2 nitrogen and oxygen atoms in total. The van der Waals surface area contributed by atoms with Crippen LogP contribution in [0.1, 0.15) is 11.1 Å². The predicted molar refractivity (Wildman–Crippen MR) is 69.3 cm³/mol. The summed E-state index contributed by atoms with van der Waals surface area (Å²) in [6.07, 6.45) is 0. The number of benzene rings is 2. The first-order valence-corrected chi connectivity index (χ1v) is 5.14. The number of rotatable bonds is 2. The summed E-state index contributed by atoms with van der Waals surface area (Å²) in [6.45, 7) is 4.19. The van der Waals surface area contributed by atoms with Gasteiger partial charge in [-0.1, -0.05) is 35.4 Å². The molecule has 0 heterocycles. The molecule has 2 rings (SSSR count). The molecule has 0 spiro atoms. The quantitative estimate of drug-likeness (QED) is 0.821. The fourth-order valence-corrected chi connectivity index (χ4v) is 1.44. The molecule has 0 saturated heterocycles. The average Bonchev–Trinajstić information content (AvgIpc) is 2.25. The summed E-state index contributed by atoms with van der Waals surface area (Å²) in [5.74, 6) is 0. The van der Waals surface area contributed by atoms with Crippen LogP contribution in [0.5, 0.6) is 0 Å². The molecule has 2 heteroatoms. The van der Waals surface area contributed by atoms with Crippen molar-refractivity contribution in [2.75, 3.05) is 5.32 Å². The van der Waals surface area contributed by atoms with Crippen LogP contribution < -0.4 is 5.32 Å². The summed E-state index contributed by atoms with van der Waals surface area (Å²) < 4.78 is 0. The number of hydrogen-bond acceptors (Lipinski definition) is 1. The Morgan fingerprint density at radius 2 is 0.938 bits per heavy atom. The number of aryl methyl sites for hydroxylation is 2. The molecular weight excluding hydrogens is 198 g/mol. The van der Waals surface area contributed by atoms with E-state index in [2.05, 4.69) is 67.7 Å². The minimum Gasteiger partial charge on any atom is -0.412 e. The van der Waals surface area contributed by atoms with Crippen molar-refractivity contribution in [2.45, 2.75) is 13.8 Å². The van der Waals surface area contributed by atoms with Gasteiger partial charge in [-0.25, -0.2) is 0 Å². The second-order valence-electron chi connectivity index (χ2n) is 3.86. The zero-order valence-corrected chi connectivity index (χ0v) is 9.62. The van der Waals surface area contributed by atoms with Crippen molar-refractivity contribution in [3.63, 3.8) is 0 Å². The lowest BCUT2D eigenvalue weighted by atomic mass is 10.2. The highest BCUT2D eigenvalue weighted by Crippen LogP contribution is 2.17. The second-order valence-corrected chi connectivity index (χ2v) is 3.86. The Balaban J connectivity index is 0.00000128. The van der Waals surface area contributed by atoms with Gasteiger partial charge in [0.15, 0.2) is 0 Å². The van der Waals surface area contributed by atoms with Crippen LogP contribution in [0, 0.1) is 13.8 Å². The van der Waals surface area contributed by atoms with Crippen molar-refractivity contribution in [3.8, 4) is 0 Å². The normalized spacial score (nSPS) is 9.38. The first kappa shape index (κ1) is 12.3. The molecule has 2 aromatic rings. The third-order valence-corrected chi connectivity index (χ3v) is 2.39. The van der Waals surface area contributed by atoms with Crippen molar-refractivity contribution in [2.24, 2.45) is 0 Å². The molecule has 84 valence electrons. The SMILES string of the molecule is Cc1ccc(Nc2ccc(C)cc2)cc1.O. The Bertz CT molecular complexity index is 388. The van der Waals surface area contributed by atoms with E-state index < -0.39 is 0 Å². The minimum absolute atomic E-state index is 0. The van der Waals surface area contributed by atoms with Gasteiger partial charge in [0, 0.05) is 11.4 Å². The van der Waals surface area contributed by atoms with Crippen LogP contribution in [0.2, 0.25) is 0 Å². The number of hydrogen-bond donors (Lipinski definition) is 1. The standard InChI is InChI=1S/C14H15N.H2O/c1-11-3-7-13(8-4-11)15-14-9-5-12(2)6-10-14;/h3-10,15H,1-2H3;1H2. The molecule has 0 radical (unpaired) electrons. The lowest BCUT2D eigenvalue weighted by Gasteiger charge is -2.06. The molecule has 0 aliphatic rings. The fraction of sp³-hybridized carbons (Fsp3) is 0.143. The summed E-state index contributed by atoms with van der Waals surface area (Å²) in [7, 11) is 0. The molecule has 0 aliphatic heterocycles. The molecule has 0 aliphatic carbocycles. The van der Waals surface area contributed by atoms with Crippen LogP contribution in [-0.4, -0.2) is 5.48 Å². The third kappa shape index (κ3) is 3.11. The van der Waals surface area contributed by atoms with Gasteiger partial charge in [0.1, 0.15) is 0 Å². The van der Waals surface area contributed by atoms with Crippen LogP contribution in [0.3, 0.4) is 0 Å². The number of nitrogens with one attached hydrogen (secondary N) is 1. The molecule has 2 aromatic carbocycles. The van der Waals surface area contributed by atoms with E-state index in [1.54, 1.807) is 0 Å². The van der Waals surface area contributed by atoms with Crippen LogP contribution in [0.15, 0.2) is 48.5 Å². The molecule has 0 saturated carbocycles. The van der Waals surface area contributed by atoms with Gasteiger partial charge in [-0.2, -0.15) is 0 Å². The average molecular weight is 215 g/mol. The predicted octanol–water partition coefficient (Wildman–Crippen LogP) is 3.22. The Hall–Kier alpha value is -1.80. The fourth-order valence-electron chi connectivity index (χ4n) is 1.44. The lowest BCUT2D eigenvalue weighted by molar-refractivity contribution is 0.824. The number of anilines is 2. The monoisotopic (exact) mass is 215 g/mol. The Kier molecular flexibility index (Phi) is 4.09. The molecule has 0 aromatic heterocycles. The van der Waals surface area contributed by atoms with E-state index in [4.69, 9.17) is 0 Å². The van der Waals surface area contributed by atoms with Gasteiger partial charge in [0.2, 0.25) is 0 Å². The summed E-state index contributed by atoms with van der Waals surface area (Å²) in [5, 5.41) is 3.36. The van der Waals surface area contributed by atoms with E-state index in [1.807, 2.05) is 0 Å². The van der Waals surface area contributed by atoms with Gasteiger partial charge >= 0.3 is 0 Å². The zero-order chi connectivity index (χ0) is 10.7. The van der Waals surface area contributed by atoms with Gasteiger partial charge in [0.05, 0.1) is 0 Å². The summed E-state index contributed by atoms with van der Waals surface area (Å²) >= 11 is 0. The van der Waals surface area contributed by atoms with Gasteiger partial charge < -0.3 is 10.8 Å². The molecule has 16 heavy (non-hydrogen) atoms. The Morgan fingerprint density at radius 3 is 1.25 bits per heavy atom. The smallest absolute Gasteiger partial charge is 0.0384 e. The Labute approximate surface area is 96.2 Å². The molecule has 0 bridgehead atoms. The van der Waals surface area contributed by atoms with Crippen molar-refractivity contribution < 1.29 is 5.48 Å². The molecule has 0 fully saturated rings. The van der Waals surface area contributed by atoms with Gasteiger partial charge in [-0.15, -0.1) is 0 Å². The van der Waals surface area contributed by atoms with Crippen LogP contribution in [0.4, 0.5) is 11.4 Å². The van der Waals surface area contributed by atoms with E-state index in [1.165, 1.54) is 11.1 Å². The highest BCUT2D eigenvalue weighted by molar-refractivity contribution is 5.59. The van der Waals surface area contributed by atoms with Crippen LogP contribution in [0.25, 0.3) is 0 Å². The lowest BCUT2D eigenvalue weighted by Crippen LogP contribution is -1.89. The third-order valence-electron chi connectivity index (χ3n) is 2.39. The molecule has 3 N–H and O–H groups in total. The first-order chi connectivity index (χ1) is 7.24. The summed E-state index contributed by atoms with van der Waals surface area (Å²) in [4.78, 5) is 0. The summed E-state index contributed by atoms with van der Waals surface area (Å²) in [5.41, 5.74) is 4.82.